The maximum absolute atomic E-state index is 6.10. The summed E-state index contributed by atoms with van der Waals surface area (Å²) in [6.07, 6.45) is 1.19. The summed E-state index contributed by atoms with van der Waals surface area (Å²) in [7, 11) is 2.01. The van der Waals surface area contributed by atoms with E-state index in [0.717, 1.165) is 18.8 Å². The predicted molar refractivity (Wildman–Crippen MR) is 83.5 cm³/mol. The highest BCUT2D eigenvalue weighted by Crippen LogP contribution is 2.33. The van der Waals surface area contributed by atoms with E-state index in [4.69, 9.17) is 11.6 Å². The van der Waals surface area contributed by atoms with Crippen LogP contribution in [0.2, 0.25) is 0 Å². The minimum Gasteiger partial charge on any atom is -0.356 e. The molecule has 2 heterocycles. The van der Waals surface area contributed by atoms with Gasteiger partial charge in [0.2, 0.25) is 0 Å². The molecule has 0 amide bonds. The first-order valence-corrected chi connectivity index (χ1v) is 7.62. The zero-order chi connectivity index (χ0) is 14.1. The van der Waals surface area contributed by atoms with Crippen molar-refractivity contribution in [2.45, 2.75) is 25.1 Å². The maximum Gasteiger partial charge on any atom is 0.131 e. The quantitative estimate of drug-likeness (QED) is 0.807. The molecule has 0 N–H and O–H groups in total. The zero-order valence-corrected chi connectivity index (χ0v) is 12.8. The minimum absolute atomic E-state index is 0.529. The number of anilines is 1. The first kappa shape index (κ1) is 13.5. The third-order valence-electron chi connectivity index (χ3n) is 4.21. The summed E-state index contributed by atoms with van der Waals surface area (Å²) in [5.74, 6) is 2.33. The lowest BCUT2D eigenvalue weighted by Gasteiger charge is -2.20. The molecule has 0 radical (unpaired) electrons. The van der Waals surface area contributed by atoms with E-state index >= 15 is 0 Å². The zero-order valence-electron chi connectivity index (χ0n) is 12.0. The van der Waals surface area contributed by atoms with Gasteiger partial charge in [0, 0.05) is 31.6 Å². The number of aryl methyl sites for hydroxylation is 2. The number of rotatable bonds is 3. The summed E-state index contributed by atoms with van der Waals surface area (Å²) in [4.78, 5) is 2.43. The Balaban J connectivity index is 1.84. The van der Waals surface area contributed by atoms with E-state index in [2.05, 4.69) is 40.3 Å². The van der Waals surface area contributed by atoms with Gasteiger partial charge in [0.15, 0.2) is 0 Å². The van der Waals surface area contributed by atoms with E-state index in [1.807, 2.05) is 18.7 Å². The summed E-state index contributed by atoms with van der Waals surface area (Å²) in [6, 6.07) is 10.8. The van der Waals surface area contributed by atoms with Crippen molar-refractivity contribution in [2.75, 3.05) is 18.0 Å². The number of halogens is 1. The van der Waals surface area contributed by atoms with E-state index in [1.165, 1.54) is 23.4 Å². The van der Waals surface area contributed by atoms with Gasteiger partial charge in [-0.25, -0.2) is 0 Å². The Morgan fingerprint density at radius 1 is 1.30 bits per heavy atom. The molecule has 1 aliphatic rings. The molecule has 1 unspecified atom stereocenters. The van der Waals surface area contributed by atoms with Crippen LogP contribution >= 0.6 is 11.6 Å². The van der Waals surface area contributed by atoms with Gasteiger partial charge in [-0.05, 0) is 18.9 Å². The number of aromatic nitrogens is 2. The largest absolute Gasteiger partial charge is 0.356 e. The van der Waals surface area contributed by atoms with Crippen LogP contribution in [0, 0.1) is 6.92 Å². The first-order valence-electron chi connectivity index (χ1n) is 7.09. The number of hydrogen-bond acceptors (Lipinski definition) is 2. The molecule has 4 heteroatoms. The lowest BCUT2D eigenvalue weighted by atomic mass is 9.99. The summed E-state index contributed by atoms with van der Waals surface area (Å²) in [5, 5.41) is 4.51. The lowest BCUT2D eigenvalue weighted by molar-refractivity contribution is 0.725. The average Bonchev–Trinajstić information content (AvgIpc) is 3.03. The van der Waals surface area contributed by atoms with E-state index in [-0.39, 0.29) is 0 Å². The third kappa shape index (κ3) is 2.31. The Kier molecular flexibility index (Phi) is 3.70. The van der Waals surface area contributed by atoms with Crippen LogP contribution in [0.5, 0.6) is 0 Å². The van der Waals surface area contributed by atoms with Gasteiger partial charge < -0.3 is 4.90 Å². The summed E-state index contributed by atoms with van der Waals surface area (Å²) >= 11 is 6.10. The van der Waals surface area contributed by atoms with Crippen molar-refractivity contribution in [2.24, 2.45) is 7.05 Å². The molecule has 2 aromatic rings. The maximum atomic E-state index is 6.10. The van der Waals surface area contributed by atoms with Gasteiger partial charge in [0.25, 0.3) is 0 Å². The van der Waals surface area contributed by atoms with Crippen molar-refractivity contribution in [3.05, 3.63) is 47.2 Å². The fourth-order valence-corrected chi connectivity index (χ4v) is 3.50. The Bertz CT molecular complexity index is 591. The molecule has 0 saturated carbocycles. The Morgan fingerprint density at radius 3 is 2.75 bits per heavy atom. The number of benzene rings is 1. The Hall–Kier alpha value is -1.48. The molecule has 1 fully saturated rings. The molecule has 0 aliphatic carbocycles. The predicted octanol–water partition coefficient (Wildman–Crippen LogP) is 3.46. The Morgan fingerprint density at radius 2 is 2.05 bits per heavy atom. The van der Waals surface area contributed by atoms with Crippen molar-refractivity contribution >= 4 is 17.4 Å². The molecule has 0 spiro atoms. The molecule has 1 atom stereocenters. The normalized spacial score (nSPS) is 18.8. The van der Waals surface area contributed by atoms with Crippen molar-refractivity contribution in [3.63, 3.8) is 0 Å². The molecule has 20 heavy (non-hydrogen) atoms. The molecule has 1 saturated heterocycles. The van der Waals surface area contributed by atoms with E-state index < -0.39 is 0 Å². The smallest absolute Gasteiger partial charge is 0.131 e. The molecular weight excluding hydrogens is 270 g/mol. The van der Waals surface area contributed by atoms with Crippen molar-refractivity contribution in [1.29, 1.82) is 0 Å². The van der Waals surface area contributed by atoms with E-state index in [1.54, 1.807) is 0 Å². The molecule has 3 nitrogen and oxygen atoms in total. The van der Waals surface area contributed by atoms with Gasteiger partial charge in [-0.3, -0.25) is 4.68 Å². The van der Waals surface area contributed by atoms with Gasteiger partial charge >= 0.3 is 0 Å². The highest BCUT2D eigenvalue weighted by molar-refractivity contribution is 6.17. The number of alkyl halides is 1. The topological polar surface area (TPSA) is 21.1 Å². The molecule has 1 aromatic heterocycles. The molecular formula is C16H20ClN3. The van der Waals surface area contributed by atoms with E-state index in [9.17, 15) is 0 Å². The monoisotopic (exact) mass is 289 g/mol. The molecule has 1 aromatic carbocycles. The fourth-order valence-electron chi connectivity index (χ4n) is 3.19. The minimum atomic E-state index is 0.529. The summed E-state index contributed by atoms with van der Waals surface area (Å²) in [5.41, 5.74) is 3.64. The lowest BCUT2D eigenvalue weighted by Crippen LogP contribution is -2.23. The second-order valence-electron chi connectivity index (χ2n) is 5.49. The van der Waals surface area contributed by atoms with Crippen LogP contribution < -0.4 is 4.90 Å². The van der Waals surface area contributed by atoms with Crippen LogP contribution in [0.1, 0.15) is 29.2 Å². The SMILES string of the molecule is Cc1nn(C)c(N2CCC(c3ccccc3)C2)c1CCl. The van der Waals surface area contributed by atoms with Gasteiger partial charge in [0.1, 0.15) is 5.82 Å². The number of nitrogens with zero attached hydrogens (tertiary/aromatic N) is 3. The highest BCUT2D eigenvalue weighted by atomic mass is 35.5. The third-order valence-corrected chi connectivity index (χ3v) is 4.47. The Labute approximate surface area is 125 Å². The molecule has 106 valence electrons. The van der Waals surface area contributed by atoms with Crippen LogP contribution in [0.25, 0.3) is 0 Å². The van der Waals surface area contributed by atoms with Gasteiger partial charge in [-0.15, -0.1) is 11.6 Å². The fraction of sp³-hybridized carbons (Fsp3) is 0.438. The summed E-state index contributed by atoms with van der Waals surface area (Å²) in [6.45, 7) is 4.15. The molecule has 3 rings (SSSR count). The van der Waals surface area contributed by atoms with Crippen LogP contribution in [0.4, 0.5) is 5.82 Å². The highest BCUT2D eigenvalue weighted by Gasteiger charge is 2.28. The van der Waals surface area contributed by atoms with Crippen molar-refractivity contribution in [3.8, 4) is 0 Å². The van der Waals surface area contributed by atoms with Crippen molar-refractivity contribution < 1.29 is 0 Å². The first-order chi connectivity index (χ1) is 9.70. The second kappa shape index (κ2) is 5.49. The van der Waals surface area contributed by atoms with Crippen LogP contribution in [0.15, 0.2) is 30.3 Å². The van der Waals surface area contributed by atoms with Gasteiger partial charge in [0.05, 0.1) is 11.6 Å². The van der Waals surface area contributed by atoms with Crippen LogP contribution in [0.3, 0.4) is 0 Å². The summed E-state index contributed by atoms with van der Waals surface area (Å²) < 4.78 is 1.97. The average molecular weight is 290 g/mol. The van der Waals surface area contributed by atoms with Crippen LogP contribution in [-0.4, -0.2) is 22.9 Å². The molecule has 0 bridgehead atoms. The van der Waals surface area contributed by atoms with Crippen LogP contribution in [-0.2, 0) is 12.9 Å². The van der Waals surface area contributed by atoms with E-state index in [0.29, 0.717) is 11.8 Å². The number of hydrogen-bond donors (Lipinski definition) is 0. The standard InChI is InChI=1S/C16H20ClN3/c1-12-15(10-17)16(19(2)18-12)20-9-8-14(11-20)13-6-4-3-5-7-13/h3-7,14H,8-11H2,1-2H3. The second-order valence-corrected chi connectivity index (χ2v) is 5.75. The van der Waals surface area contributed by atoms with Crippen molar-refractivity contribution in [1.82, 2.24) is 9.78 Å². The van der Waals surface area contributed by atoms with Gasteiger partial charge in [-0.1, -0.05) is 30.3 Å². The molecule has 1 aliphatic heterocycles. The van der Waals surface area contributed by atoms with Gasteiger partial charge in [-0.2, -0.15) is 5.10 Å².